The van der Waals surface area contributed by atoms with Crippen LogP contribution >= 0.6 is 0 Å². The SMILES string of the molecule is COC(C)(O[C]=O)C1CCCCC1. The van der Waals surface area contributed by atoms with E-state index >= 15 is 0 Å². The Morgan fingerprint density at radius 3 is 2.38 bits per heavy atom. The summed E-state index contributed by atoms with van der Waals surface area (Å²) in [6.45, 7) is 3.29. The molecule has 1 unspecified atom stereocenters. The van der Waals surface area contributed by atoms with E-state index in [4.69, 9.17) is 9.47 Å². The second kappa shape index (κ2) is 4.61. The Morgan fingerprint density at radius 1 is 1.31 bits per heavy atom. The van der Waals surface area contributed by atoms with Crippen molar-refractivity contribution >= 4 is 6.47 Å². The van der Waals surface area contributed by atoms with Crippen LogP contribution in [0.25, 0.3) is 0 Å². The molecule has 0 aromatic carbocycles. The van der Waals surface area contributed by atoms with Crippen molar-refractivity contribution < 1.29 is 14.3 Å². The molecule has 1 rings (SSSR count). The van der Waals surface area contributed by atoms with E-state index in [0.29, 0.717) is 5.92 Å². The molecule has 3 nitrogen and oxygen atoms in total. The molecule has 0 spiro atoms. The average Bonchev–Trinajstić information content (AvgIpc) is 2.19. The van der Waals surface area contributed by atoms with Crippen LogP contribution in [0.2, 0.25) is 0 Å². The number of methoxy groups -OCH3 is 1. The molecule has 1 radical (unpaired) electrons. The highest BCUT2D eigenvalue weighted by Crippen LogP contribution is 2.34. The number of carbonyl (C=O) groups excluding carboxylic acids is 1. The van der Waals surface area contributed by atoms with Gasteiger partial charge in [0.2, 0.25) is 5.79 Å². The van der Waals surface area contributed by atoms with E-state index in [-0.39, 0.29) is 0 Å². The Morgan fingerprint density at radius 2 is 1.92 bits per heavy atom. The summed E-state index contributed by atoms with van der Waals surface area (Å²) in [5.74, 6) is -0.435. The van der Waals surface area contributed by atoms with Gasteiger partial charge in [-0.1, -0.05) is 19.3 Å². The lowest BCUT2D eigenvalue weighted by atomic mass is 9.83. The second-order valence-electron chi connectivity index (χ2n) is 3.74. The molecule has 0 saturated heterocycles. The van der Waals surface area contributed by atoms with Gasteiger partial charge in [-0.25, -0.2) is 4.79 Å². The molecule has 13 heavy (non-hydrogen) atoms. The van der Waals surface area contributed by atoms with Crippen LogP contribution in [0.3, 0.4) is 0 Å². The van der Waals surface area contributed by atoms with Crippen molar-refractivity contribution in [3.05, 3.63) is 0 Å². The molecular weight excluding hydrogens is 168 g/mol. The first-order chi connectivity index (χ1) is 6.23. The Kier molecular flexibility index (Phi) is 3.72. The van der Waals surface area contributed by atoms with Gasteiger partial charge in [0.1, 0.15) is 0 Å². The Hall–Kier alpha value is -0.570. The van der Waals surface area contributed by atoms with Crippen LogP contribution in [-0.2, 0) is 14.3 Å². The zero-order chi connectivity index (χ0) is 9.73. The Balaban J connectivity index is 2.56. The van der Waals surface area contributed by atoms with Crippen molar-refractivity contribution in [2.24, 2.45) is 5.92 Å². The molecule has 1 aliphatic carbocycles. The lowest BCUT2D eigenvalue weighted by molar-refractivity contribution is -0.202. The van der Waals surface area contributed by atoms with Gasteiger partial charge in [0.15, 0.2) is 0 Å². The van der Waals surface area contributed by atoms with Crippen molar-refractivity contribution in [3.8, 4) is 0 Å². The summed E-state index contributed by atoms with van der Waals surface area (Å²) in [5, 5.41) is 0. The molecule has 0 aromatic rings. The second-order valence-corrected chi connectivity index (χ2v) is 3.74. The summed E-state index contributed by atoms with van der Waals surface area (Å²) in [6, 6.07) is 0. The third-order valence-electron chi connectivity index (χ3n) is 3.00. The first kappa shape index (κ1) is 10.5. The van der Waals surface area contributed by atoms with Crippen molar-refractivity contribution in [2.75, 3.05) is 7.11 Å². The van der Waals surface area contributed by atoms with E-state index in [1.807, 2.05) is 6.92 Å². The molecule has 0 N–H and O–H groups in total. The fourth-order valence-electron chi connectivity index (χ4n) is 2.00. The Bertz CT molecular complexity index is 164. The van der Waals surface area contributed by atoms with E-state index in [0.717, 1.165) is 12.8 Å². The van der Waals surface area contributed by atoms with Gasteiger partial charge in [0.05, 0.1) is 0 Å². The summed E-state index contributed by atoms with van der Waals surface area (Å²) in [4.78, 5) is 10.2. The molecule has 1 fully saturated rings. The fourth-order valence-corrected chi connectivity index (χ4v) is 2.00. The maximum atomic E-state index is 10.2. The summed E-state index contributed by atoms with van der Waals surface area (Å²) >= 11 is 0. The standard InChI is InChI=1S/C10H17O3/c1-10(12-2,13-8-11)9-6-4-3-5-7-9/h9H,3-7H2,1-2H3. The molecule has 3 heteroatoms. The monoisotopic (exact) mass is 185 g/mol. The summed E-state index contributed by atoms with van der Waals surface area (Å²) in [7, 11) is 1.58. The van der Waals surface area contributed by atoms with E-state index in [1.165, 1.54) is 25.7 Å². The van der Waals surface area contributed by atoms with Crippen LogP contribution in [0.5, 0.6) is 0 Å². The minimum atomic E-state index is -0.762. The summed E-state index contributed by atoms with van der Waals surface area (Å²) < 4.78 is 10.1. The summed E-state index contributed by atoms with van der Waals surface area (Å²) in [5.41, 5.74) is 0. The van der Waals surface area contributed by atoms with Gasteiger partial charge in [0, 0.05) is 20.0 Å². The van der Waals surface area contributed by atoms with Crippen LogP contribution < -0.4 is 0 Å². The van der Waals surface area contributed by atoms with Gasteiger partial charge < -0.3 is 9.47 Å². The van der Waals surface area contributed by atoms with Gasteiger partial charge in [0.25, 0.3) is 0 Å². The molecular formula is C10H17O3. The first-order valence-electron chi connectivity index (χ1n) is 4.83. The van der Waals surface area contributed by atoms with Gasteiger partial charge >= 0.3 is 6.47 Å². The minimum absolute atomic E-state index is 0.327. The lowest BCUT2D eigenvalue weighted by Crippen LogP contribution is -2.40. The zero-order valence-electron chi connectivity index (χ0n) is 8.34. The average molecular weight is 185 g/mol. The molecule has 0 aromatic heterocycles. The van der Waals surface area contributed by atoms with Crippen molar-refractivity contribution in [2.45, 2.75) is 44.8 Å². The number of rotatable bonds is 4. The van der Waals surface area contributed by atoms with E-state index in [9.17, 15) is 4.79 Å². The highest BCUT2D eigenvalue weighted by Gasteiger charge is 2.37. The van der Waals surface area contributed by atoms with Crippen molar-refractivity contribution in [3.63, 3.8) is 0 Å². The van der Waals surface area contributed by atoms with Crippen molar-refractivity contribution in [1.29, 1.82) is 0 Å². The quantitative estimate of drug-likeness (QED) is 0.628. The van der Waals surface area contributed by atoms with E-state index in [1.54, 1.807) is 7.11 Å². The normalized spacial score (nSPS) is 23.5. The van der Waals surface area contributed by atoms with Gasteiger partial charge in [-0.15, -0.1) is 0 Å². The predicted molar refractivity (Wildman–Crippen MR) is 48.8 cm³/mol. The number of hydrogen-bond acceptors (Lipinski definition) is 3. The topological polar surface area (TPSA) is 35.5 Å². The Labute approximate surface area is 79.4 Å². The number of ether oxygens (including phenoxy) is 2. The van der Waals surface area contributed by atoms with Crippen molar-refractivity contribution in [1.82, 2.24) is 0 Å². The third-order valence-corrected chi connectivity index (χ3v) is 3.00. The van der Waals surface area contributed by atoms with Crippen LogP contribution in [-0.4, -0.2) is 19.4 Å². The molecule has 0 bridgehead atoms. The lowest BCUT2D eigenvalue weighted by Gasteiger charge is -2.36. The largest absolute Gasteiger partial charge is 0.425 e. The molecule has 1 aliphatic rings. The van der Waals surface area contributed by atoms with Gasteiger partial charge in [-0.2, -0.15) is 0 Å². The van der Waals surface area contributed by atoms with Crippen LogP contribution in [0.15, 0.2) is 0 Å². The maximum absolute atomic E-state index is 10.2. The maximum Gasteiger partial charge on any atom is 0.420 e. The van der Waals surface area contributed by atoms with Crippen LogP contribution in [0.4, 0.5) is 0 Å². The first-order valence-corrected chi connectivity index (χ1v) is 4.83. The zero-order valence-corrected chi connectivity index (χ0v) is 8.34. The van der Waals surface area contributed by atoms with Gasteiger partial charge in [-0.3, -0.25) is 0 Å². The molecule has 0 heterocycles. The highest BCUT2D eigenvalue weighted by atomic mass is 16.7. The molecule has 0 aliphatic heterocycles. The minimum Gasteiger partial charge on any atom is -0.425 e. The highest BCUT2D eigenvalue weighted by molar-refractivity contribution is 5.39. The van der Waals surface area contributed by atoms with Crippen LogP contribution in [0.1, 0.15) is 39.0 Å². The van der Waals surface area contributed by atoms with E-state index in [2.05, 4.69) is 0 Å². The van der Waals surface area contributed by atoms with E-state index < -0.39 is 5.79 Å². The molecule has 1 atom stereocenters. The van der Waals surface area contributed by atoms with Gasteiger partial charge in [-0.05, 0) is 12.8 Å². The molecule has 1 saturated carbocycles. The number of hydrogen-bond donors (Lipinski definition) is 0. The molecule has 0 amide bonds. The summed E-state index contributed by atoms with van der Waals surface area (Å²) in [6.07, 6.45) is 5.83. The smallest absolute Gasteiger partial charge is 0.420 e. The fraction of sp³-hybridized carbons (Fsp3) is 0.900. The third kappa shape index (κ3) is 2.44. The van der Waals surface area contributed by atoms with Crippen LogP contribution in [0, 0.1) is 5.92 Å². The predicted octanol–water partition coefficient (Wildman–Crippen LogP) is 2.01. The molecule has 75 valence electrons.